The summed E-state index contributed by atoms with van der Waals surface area (Å²) in [7, 11) is 0. The highest BCUT2D eigenvalue weighted by Crippen LogP contribution is 2.30. The Morgan fingerprint density at radius 3 is 2.18 bits per heavy atom. The first-order chi connectivity index (χ1) is 10.2. The molecule has 0 saturated carbocycles. The molecule has 1 amide bonds. The number of hydrogen-bond acceptors (Lipinski definition) is 5. The van der Waals surface area contributed by atoms with Crippen LogP contribution in [0.5, 0.6) is 0 Å². The van der Waals surface area contributed by atoms with Crippen LogP contribution in [-0.4, -0.2) is 54.5 Å². The standard InChI is InChI=1S/C16H29NO5/c1-6-16(21-12-13(18)20-7-2)8-10-17(11-9-16)14(19)22-15(3,4)5/h6-12H2,1-5H3. The van der Waals surface area contributed by atoms with Crippen molar-refractivity contribution < 1.29 is 23.8 Å². The van der Waals surface area contributed by atoms with Crippen LogP contribution in [0.2, 0.25) is 0 Å². The molecule has 0 bridgehead atoms. The van der Waals surface area contributed by atoms with Gasteiger partial charge in [-0.2, -0.15) is 0 Å². The van der Waals surface area contributed by atoms with E-state index in [0.717, 1.165) is 6.42 Å². The van der Waals surface area contributed by atoms with Gasteiger partial charge in [-0.15, -0.1) is 0 Å². The summed E-state index contributed by atoms with van der Waals surface area (Å²) in [6.45, 7) is 10.8. The molecule has 1 aliphatic heterocycles. The smallest absolute Gasteiger partial charge is 0.410 e. The van der Waals surface area contributed by atoms with Gasteiger partial charge in [0.15, 0.2) is 0 Å². The Morgan fingerprint density at radius 1 is 1.14 bits per heavy atom. The Hall–Kier alpha value is -1.30. The maximum atomic E-state index is 12.1. The number of esters is 1. The molecule has 0 spiro atoms. The van der Waals surface area contributed by atoms with E-state index >= 15 is 0 Å². The van der Waals surface area contributed by atoms with E-state index in [4.69, 9.17) is 14.2 Å². The van der Waals surface area contributed by atoms with Crippen LogP contribution in [-0.2, 0) is 19.0 Å². The molecular weight excluding hydrogens is 286 g/mol. The minimum absolute atomic E-state index is 0.0336. The van der Waals surface area contributed by atoms with Crippen molar-refractivity contribution in [2.24, 2.45) is 0 Å². The Balaban J connectivity index is 2.49. The van der Waals surface area contributed by atoms with E-state index in [1.54, 1.807) is 11.8 Å². The second-order valence-electron chi connectivity index (χ2n) is 6.60. The third-order valence-corrected chi connectivity index (χ3v) is 3.77. The molecule has 0 aromatic rings. The molecule has 1 aliphatic rings. The van der Waals surface area contributed by atoms with Crippen LogP contribution >= 0.6 is 0 Å². The molecule has 0 aromatic heterocycles. The van der Waals surface area contributed by atoms with Gasteiger partial charge in [0.2, 0.25) is 0 Å². The molecule has 1 rings (SSSR count). The Kier molecular flexibility index (Phi) is 6.66. The molecule has 0 N–H and O–H groups in total. The number of piperidine rings is 1. The summed E-state index contributed by atoms with van der Waals surface area (Å²) in [6, 6.07) is 0. The van der Waals surface area contributed by atoms with Crippen LogP contribution in [0.1, 0.15) is 53.9 Å². The zero-order chi connectivity index (χ0) is 16.8. The summed E-state index contributed by atoms with van der Waals surface area (Å²) >= 11 is 0. The summed E-state index contributed by atoms with van der Waals surface area (Å²) < 4.78 is 16.1. The van der Waals surface area contributed by atoms with Crippen LogP contribution < -0.4 is 0 Å². The van der Waals surface area contributed by atoms with Gasteiger partial charge in [-0.1, -0.05) is 6.92 Å². The zero-order valence-electron chi connectivity index (χ0n) is 14.4. The van der Waals surface area contributed by atoms with Gasteiger partial charge >= 0.3 is 12.1 Å². The van der Waals surface area contributed by atoms with E-state index in [1.165, 1.54) is 0 Å². The molecule has 22 heavy (non-hydrogen) atoms. The van der Waals surface area contributed by atoms with Crippen LogP contribution in [0, 0.1) is 0 Å². The van der Waals surface area contributed by atoms with Crippen molar-refractivity contribution in [3.63, 3.8) is 0 Å². The van der Waals surface area contributed by atoms with Gasteiger partial charge in [0.05, 0.1) is 12.2 Å². The van der Waals surface area contributed by atoms with E-state index in [0.29, 0.717) is 32.5 Å². The Morgan fingerprint density at radius 2 is 1.73 bits per heavy atom. The van der Waals surface area contributed by atoms with E-state index in [1.807, 2.05) is 27.7 Å². The second-order valence-corrected chi connectivity index (χ2v) is 6.60. The zero-order valence-corrected chi connectivity index (χ0v) is 14.4. The lowest BCUT2D eigenvalue weighted by Gasteiger charge is -2.41. The molecular formula is C16H29NO5. The fraction of sp³-hybridized carbons (Fsp3) is 0.875. The monoisotopic (exact) mass is 315 g/mol. The van der Waals surface area contributed by atoms with E-state index < -0.39 is 5.60 Å². The number of carbonyl (C=O) groups excluding carboxylic acids is 2. The first kappa shape index (κ1) is 18.7. The molecule has 1 heterocycles. The first-order valence-corrected chi connectivity index (χ1v) is 7.99. The van der Waals surface area contributed by atoms with Crippen LogP contribution in [0.25, 0.3) is 0 Å². The predicted molar refractivity (Wildman–Crippen MR) is 82.6 cm³/mol. The van der Waals surface area contributed by atoms with E-state index in [2.05, 4.69) is 0 Å². The molecule has 0 radical (unpaired) electrons. The lowest BCUT2D eigenvalue weighted by molar-refractivity contribution is -0.159. The van der Waals surface area contributed by atoms with Crippen molar-refractivity contribution in [2.45, 2.75) is 65.1 Å². The van der Waals surface area contributed by atoms with Gasteiger partial charge in [0.25, 0.3) is 0 Å². The highest BCUT2D eigenvalue weighted by Gasteiger charge is 2.37. The third kappa shape index (κ3) is 5.83. The molecule has 1 fully saturated rings. The highest BCUT2D eigenvalue weighted by molar-refractivity contribution is 5.70. The number of rotatable bonds is 5. The molecule has 6 nitrogen and oxygen atoms in total. The molecule has 6 heteroatoms. The third-order valence-electron chi connectivity index (χ3n) is 3.77. The minimum atomic E-state index is -0.489. The largest absolute Gasteiger partial charge is 0.464 e. The maximum Gasteiger partial charge on any atom is 0.410 e. The average molecular weight is 315 g/mol. The lowest BCUT2D eigenvalue weighted by atomic mass is 9.88. The summed E-state index contributed by atoms with van der Waals surface area (Å²) in [4.78, 5) is 25.2. The topological polar surface area (TPSA) is 65.1 Å². The van der Waals surface area contributed by atoms with Crippen molar-refractivity contribution in [3.8, 4) is 0 Å². The molecule has 128 valence electrons. The van der Waals surface area contributed by atoms with Gasteiger partial charge in [-0.3, -0.25) is 0 Å². The Bertz CT molecular complexity index is 380. The number of nitrogens with zero attached hydrogens (tertiary/aromatic N) is 1. The molecule has 0 unspecified atom stereocenters. The Labute approximate surface area is 133 Å². The molecule has 0 atom stereocenters. The minimum Gasteiger partial charge on any atom is -0.464 e. The number of ether oxygens (including phenoxy) is 3. The summed E-state index contributed by atoms with van der Waals surface area (Å²) in [6.07, 6.45) is 1.90. The normalized spacial score (nSPS) is 18.0. The summed E-state index contributed by atoms with van der Waals surface area (Å²) in [5.74, 6) is -0.343. The van der Waals surface area contributed by atoms with E-state index in [9.17, 15) is 9.59 Å². The number of amides is 1. The lowest BCUT2D eigenvalue weighted by Crippen LogP contribution is -2.49. The highest BCUT2D eigenvalue weighted by atomic mass is 16.6. The van der Waals surface area contributed by atoms with Gasteiger partial charge < -0.3 is 19.1 Å². The predicted octanol–water partition coefficient (Wildman–Crippen LogP) is 2.75. The second kappa shape index (κ2) is 7.81. The van der Waals surface area contributed by atoms with Gasteiger partial charge in [0.1, 0.15) is 12.2 Å². The SMILES string of the molecule is CCOC(=O)COC1(CC)CCN(C(=O)OC(C)(C)C)CC1. The van der Waals surface area contributed by atoms with Crippen LogP contribution in [0.15, 0.2) is 0 Å². The quantitative estimate of drug-likeness (QED) is 0.730. The number of likely N-dealkylation sites (tertiary alicyclic amines) is 1. The number of carbonyl (C=O) groups is 2. The van der Waals surface area contributed by atoms with Crippen LogP contribution in [0.4, 0.5) is 4.79 Å². The van der Waals surface area contributed by atoms with Crippen LogP contribution in [0.3, 0.4) is 0 Å². The summed E-state index contributed by atoms with van der Waals surface area (Å²) in [5.41, 5.74) is -0.845. The average Bonchev–Trinajstić information content (AvgIpc) is 2.44. The van der Waals surface area contributed by atoms with Crippen molar-refractivity contribution in [1.82, 2.24) is 4.90 Å². The van der Waals surface area contributed by atoms with Gasteiger partial charge in [-0.05, 0) is 47.0 Å². The molecule has 0 aliphatic carbocycles. The van der Waals surface area contributed by atoms with Crippen molar-refractivity contribution in [2.75, 3.05) is 26.3 Å². The van der Waals surface area contributed by atoms with Gasteiger partial charge in [0, 0.05) is 13.1 Å². The fourth-order valence-electron chi connectivity index (χ4n) is 2.44. The first-order valence-electron chi connectivity index (χ1n) is 7.99. The van der Waals surface area contributed by atoms with Gasteiger partial charge in [-0.25, -0.2) is 9.59 Å². The van der Waals surface area contributed by atoms with E-state index in [-0.39, 0.29) is 24.3 Å². The van der Waals surface area contributed by atoms with Crippen molar-refractivity contribution in [1.29, 1.82) is 0 Å². The maximum absolute atomic E-state index is 12.1. The van der Waals surface area contributed by atoms with Crippen molar-refractivity contribution >= 4 is 12.1 Å². The molecule has 0 aromatic carbocycles. The molecule has 1 saturated heterocycles. The number of hydrogen-bond donors (Lipinski definition) is 0. The summed E-state index contributed by atoms with van der Waals surface area (Å²) in [5, 5.41) is 0. The fourth-order valence-corrected chi connectivity index (χ4v) is 2.44. The van der Waals surface area contributed by atoms with Crippen molar-refractivity contribution in [3.05, 3.63) is 0 Å².